The van der Waals surface area contributed by atoms with E-state index in [2.05, 4.69) is 4.98 Å². The second kappa shape index (κ2) is 8.68. The van der Waals surface area contributed by atoms with Crippen LogP contribution in [0.1, 0.15) is 25.3 Å². The number of benzene rings is 1. The molecule has 2 aromatic rings. The first kappa shape index (κ1) is 22.8. The summed E-state index contributed by atoms with van der Waals surface area (Å²) < 4.78 is 1.20. The van der Waals surface area contributed by atoms with Gasteiger partial charge in [-0.25, -0.2) is 4.79 Å². The normalized spacial score (nSPS) is 24.3. The number of amides is 3. The molecule has 3 aliphatic rings. The van der Waals surface area contributed by atoms with Gasteiger partial charge >= 0.3 is 5.69 Å². The Balaban J connectivity index is 1.45. The van der Waals surface area contributed by atoms with Crippen molar-refractivity contribution in [3.05, 3.63) is 68.9 Å². The third-order valence-electron chi connectivity index (χ3n) is 7.27. The zero-order chi connectivity index (χ0) is 24.9. The number of aromatic nitrogens is 2. The van der Waals surface area contributed by atoms with Crippen molar-refractivity contribution in [2.75, 3.05) is 23.7 Å². The first-order valence-corrected chi connectivity index (χ1v) is 11.8. The van der Waals surface area contributed by atoms with Crippen LogP contribution >= 0.6 is 0 Å². The Morgan fingerprint density at radius 1 is 1.06 bits per heavy atom. The summed E-state index contributed by atoms with van der Waals surface area (Å²) >= 11 is 0. The fraction of sp³-hybridized carbons (Fsp3) is 0.400. The summed E-state index contributed by atoms with van der Waals surface area (Å²) in [6, 6.07) is 9.10. The second-order valence-corrected chi connectivity index (χ2v) is 9.37. The Bertz CT molecular complexity index is 1310. The van der Waals surface area contributed by atoms with Gasteiger partial charge in [-0.05, 0) is 30.2 Å². The number of H-pyrrole nitrogens is 1. The monoisotopic (exact) mass is 477 g/mol. The molecule has 5 rings (SSSR count). The van der Waals surface area contributed by atoms with Gasteiger partial charge in [0.15, 0.2) is 5.69 Å². The number of hydrogen-bond donors (Lipinski definition) is 2. The average Bonchev–Trinajstić information content (AvgIpc) is 3.52. The summed E-state index contributed by atoms with van der Waals surface area (Å²) in [5.74, 6) is -2.17. The number of rotatable bonds is 7. The number of nitrogens with zero attached hydrogens (tertiary/aromatic N) is 3. The maximum Gasteiger partial charge on any atom is 0.330 e. The van der Waals surface area contributed by atoms with Gasteiger partial charge in [0, 0.05) is 6.54 Å². The number of nitrogens with two attached hydrogens (primary N) is 1. The topological polar surface area (TPSA) is 139 Å². The Labute approximate surface area is 201 Å². The number of likely N-dealkylation sites (tertiary alicyclic amines) is 1. The van der Waals surface area contributed by atoms with Crippen molar-refractivity contribution in [2.45, 2.75) is 26.3 Å². The summed E-state index contributed by atoms with van der Waals surface area (Å²) in [6.07, 6.45) is 5.26. The molecule has 182 valence electrons. The number of nitrogens with one attached hydrogen (secondary N) is 1. The molecule has 1 saturated heterocycles. The SMILES string of the molecule is CCCN(C(=O)CN1C(=O)[C@H]2[C@H](C1=O)[C@H]1C=C[C@H]2C1)c1c(N)n(Cc2ccccc2)c(=O)[nH]c1=O. The molecule has 3 N–H and O–H groups in total. The van der Waals surface area contributed by atoms with Crippen LogP contribution in [0.3, 0.4) is 0 Å². The van der Waals surface area contributed by atoms with Gasteiger partial charge in [-0.15, -0.1) is 0 Å². The van der Waals surface area contributed by atoms with Crippen molar-refractivity contribution in [1.29, 1.82) is 0 Å². The average molecular weight is 478 g/mol. The quantitative estimate of drug-likeness (QED) is 0.445. The van der Waals surface area contributed by atoms with Gasteiger partial charge in [0.2, 0.25) is 17.7 Å². The minimum atomic E-state index is -0.795. The number of aromatic amines is 1. The Morgan fingerprint density at radius 2 is 1.69 bits per heavy atom. The molecule has 3 amide bonds. The third-order valence-corrected chi connectivity index (χ3v) is 7.27. The summed E-state index contributed by atoms with van der Waals surface area (Å²) in [6.45, 7) is 1.59. The van der Waals surface area contributed by atoms with Gasteiger partial charge in [-0.3, -0.25) is 33.6 Å². The highest BCUT2D eigenvalue weighted by molar-refractivity contribution is 6.10. The van der Waals surface area contributed by atoms with Gasteiger partial charge in [-0.2, -0.15) is 0 Å². The highest BCUT2D eigenvalue weighted by Gasteiger charge is 2.59. The molecule has 1 aromatic carbocycles. The van der Waals surface area contributed by atoms with E-state index < -0.39 is 35.5 Å². The minimum Gasteiger partial charge on any atom is -0.383 e. The smallest absolute Gasteiger partial charge is 0.330 e. The van der Waals surface area contributed by atoms with E-state index in [0.29, 0.717) is 6.42 Å². The highest BCUT2D eigenvalue weighted by atomic mass is 16.2. The number of anilines is 2. The molecule has 1 aromatic heterocycles. The van der Waals surface area contributed by atoms with E-state index in [-0.39, 0.29) is 48.2 Å². The van der Waals surface area contributed by atoms with Gasteiger partial charge in [0.05, 0.1) is 18.4 Å². The molecule has 2 fully saturated rings. The number of nitrogen functional groups attached to an aromatic ring is 1. The molecule has 10 heteroatoms. The molecule has 4 atom stereocenters. The molecule has 1 aliphatic heterocycles. The van der Waals surface area contributed by atoms with Crippen molar-refractivity contribution >= 4 is 29.2 Å². The van der Waals surface area contributed by atoms with E-state index in [0.717, 1.165) is 16.9 Å². The van der Waals surface area contributed by atoms with Crippen LogP contribution < -0.4 is 21.9 Å². The lowest BCUT2D eigenvalue weighted by Gasteiger charge is -2.26. The molecule has 1 saturated carbocycles. The molecule has 0 spiro atoms. The van der Waals surface area contributed by atoms with Crippen LogP contribution in [0, 0.1) is 23.7 Å². The van der Waals surface area contributed by atoms with Gasteiger partial charge in [0.1, 0.15) is 12.4 Å². The summed E-state index contributed by atoms with van der Waals surface area (Å²) in [5.41, 5.74) is 5.42. The lowest BCUT2D eigenvalue weighted by molar-refractivity contribution is -0.143. The number of carbonyl (C=O) groups is 3. The Hall–Kier alpha value is -3.95. The molecular formula is C25H27N5O5. The van der Waals surface area contributed by atoms with Crippen molar-refractivity contribution in [3.63, 3.8) is 0 Å². The van der Waals surface area contributed by atoms with E-state index in [4.69, 9.17) is 5.73 Å². The maximum absolute atomic E-state index is 13.4. The van der Waals surface area contributed by atoms with E-state index in [1.807, 2.05) is 49.4 Å². The largest absolute Gasteiger partial charge is 0.383 e. The van der Waals surface area contributed by atoms with Crippen LogP contribution in [-0.4, -0.2) is 45.3 Å². The van der Waals surface area contributed by atoms with Crippen LogP contribution in [0.4, 0.5) is 11.5 Å². The van der Waals surface area contributed by atoms with E-state index in [1.165, 1.54) is 9.47 Å². The van der Waals surface area contributed by atoms with Crippen molar-refractivity contribution in [1.82, 2.24) is 14.5 Å². The predicted molar refractivity (Wildman–Crippen MR) is 128 cm³/mol. The molecule has 2 bridgehead atoms. The van der Waals surface area contributed by atoms with Gasteiger partial charge in [0.25, 0.3) is 5.56 Å². The fourth-order valence-electron chi connectivity index (χ4n) is 5.69. The molecule has 10 nitrogen and oxygen atoms in total. The molecule has 35 heavy (non-hydrogen) atoms. The summed E-state index contributed by atoms with van der Waals surface area (Å²) in [7, 11) is 0. The number of hydrogen-bond acceptors (Lipinski definition) is 6. The first-order valence-electron chi connectivity index (χ1n) is 11.8. The molecular weight excluding hydrogens is 450 g/mol. The highest BCUT2D eigenvalue weighted by Crippen LogP contribution is 2.52. The summed E-state index contributed by atoms with van der Waals surface area (Å²) in [5, 5.41) is 0. The van der Waals surface area contributed by atoms with E-state index >= 15 is 0 Å². The third kappa shape index (κ3) is 3.69. The number of fused-ring (bicyclic) bond motifs is 5. The lowest BCUT2D eigenvalue weighted by Crippen LogP contribution is -2.47. The molecule has 0 unspecified atom stereocenters. The van der Waals surface area contributed by atoms with Crippen LogP contribution in [0.5, 0.6) is 0 Å². The molecule has 0 radical (unpaired) electrons. The maximum atomic E-state index is 13.4. The zero-order valence-electron chi connectivity index (χ0n) is 19.3. The number of allylic oxidation sites excluding steroid dienone is 2. The van der Waals surface area contributed by atoms with Crippen LogP contribution in [-0.2, 0) is 20.9 Å². The fourth-order valence-corrected chi connectivity index (χ4v) is 5.69. The zero-order valence-corrected chi connectivity index (χ0v) is 19.3. The second-order valence-electron chi connectivity index (χ2n) is 9.37. The molecule has 2 heterocycles. The van der Waals surface area contributed by atoms with E-state index in [1.54, 1.807) is 0 Å². The Kier molecular flexibility index (Phi) is 5.66. The first-order chi connectivity index (χ1) is 16.8. The van der Waals surface area contributed by atoms with Gasteiger partial charge < -0.3 is 10.6 Å². The number of carbonyl (C=O) groups excluding carboxylic acids is 3. The van der Waals surface area contributed by atoms with E-state index in [9.17, 15) is 24.0 Å². The minimum absolute atomic E-state index is 0.0355. The molecule has 2 aliphatic carbocycles. The van der Waals surface area contributed by atoms with Crippen LogP contribution in [0.15, 0.2) is 52.1 Å². The standard InChI is InChI=1S/C25H27N5O5/c1-2-10-28(17(31)13-30-23(33)18-15-8-9-16(11-15)19(18)24(30)34)20-21(26)29(25(35)27-22(20)32)12-14-6-4-3-5-7-14/h3-9,15-16,18-19H,2,10-13,26H2,1H3,(H,27,32,35)/t15-,16-,18+,19+/m0/s1. The van der Waals surface area contributed by atoms with Crippen LogP contribution in [0.2, 0.25) is 0 Å². The van der Waals surface area contributed by atoms with Crippen molar-refractivity contribution < 1.29 is 14.4 Å². The predicted octanol–water partition coefficient (Wildman–Crippen LogP) is 0.717. The van der Waals surface area contributed by atoms with Crippen molar-refractivity contribution in [3.8, 4) is 0 Å². The van der Waals surface area contributed by atoms with Crippen molar-refractivity contribution in [2.24, 2.45) is 23.7 Å². The Morgan fingerprint density at radius 3 is 2.29 bits per heavy atom. The lowest BCUT2D eigenvalue weighted by atomic mass is 9.85. The van der Waals surface area contributed by atoms with Gasteiger partial charge in [-0.1, -0.05) is 49.4 Å². The summed E-state index contributed by atoms with van der Waals surface area (Å²) in [4.78, 5) is 69.3. The van der Waals surface area contributed by atoms with Crippen LogP contribution in [0.25, 0.3) is 0 Å². The number of imide groups is 1.